The molecule has 0 saturated heterocycles. The average molecular weight is 579 g/mol. The summed E-state index contributed by atoms with van der Waals surface area (Å²) in [5.74, 6) is -5.90. The van der Waals surface area contributed by atoms with Crippen molar-refractivity contribution in [2.75, 3.05) is 0 Å². The molecule has 13 heteroatoms. The first kappa shape index (κ1) is 34.9. The number of primary amides is 1. The largest absolute Gasteiger partial charge is 0.481 e. The Kier molecular flexibility index (Phi) is 12.8. The van der Waals surface area contributed by atoms with E-state index >= 15 is 0 Å². The Labute approximate surface area is 239 Å². The molecule has 0 aliphatic rings. The standard InChI is InChI=1S/C28H42N4O9/c1-16(30-26(39)40-15-17-11-9-8-10-12-17)22(34)31-19(13-18(24(36)37)27(2,3)4)23(35)32-20(14-21(29)33)25(38)41-28(5,6)7/h8-12,16,18-20H,13-15H2,1-7H3,(H2,29,33)(H,30,39)(H,31,34)(H,32,35)(H,36,37)/t16-,18?,19-,20-/m0/s1. The van der Waals surface area contributed by atoms with E-state index in [0.717, 1.165) is 5.56 Å². The second-order valence-electron chi connectivity index (χ2n) is 11.7. The van der Waals surface area contributed by atoms with Crippen LogP contribution >= 0.6 is 0 Å². The van der Waals surface area contributed by atoms with Gasteiger partial charge in [-0.15, -0.1) is 0 Å². The third-order valence-corrected chi connectivity index (χ3v) is 5.80. The molecule has 0 fully saturated rings. The van der Waals surface area contributed by atoms with Crippen molar-refractivity contribution >= 4 is 35.8 Å². The number of nitrogens with one attached hydrogen (secondary N) is 3. The van der Waals surface area contributed by atoms with E-state index in [1.807, 2.05) is 0 Å². The maximum Gasteiger partial charge on any atom is 0.408 e. The monoisotopic (exact) mass is 578 g/mol. The van der Waals surface area contributed by atoms with Gasteiger partial charge in [-0.2, -0.15) is 0 Å². The first-order valence-corrected chi connectivity index (χ1v) is 13.1. The van der Waals surface area contributed by atoms with Crippen LogP contribution in [-0.2, 0) is 40.1 Å². The smallest absolute Gasteiger partial charge is 0.408 e. The van der Waals surface area contributed by atoms with Gasteiger partial charge in [0.2, 0.25) is 17.7 Å². The van der Waals surface area contributed by atoms with Gasteiger partial charge in [-0.25, -0.2) is 9.59 Å². The minimum absolute atomic E-state index is 0.0379. The SMILES string of the molecule is C[C@H](NC(=O)OCc1ccccc1)C(=O)N[C@@H](CC(C(=O)O)C(C)(C)C)C(=O)N[C@@H](CC(N)=O)C(=O)OC(C)(C)C. The molecule has 0 aliphatic heterocycles. The van der Waals surface area contributed by atoms with Gasteiger partial charge in [0.15, 0.2) is 0 Å². The Bertz CT molecular complexity index is 1090. The Hall–Kier alpha value is -4.16. The van der Waals surface area contributed by atoms with E-state index in [1.54, 1.807) is 71.9 Å². The third-order valence-electron chi connectivity index (χ3n) is 5.80. The predicted molar refractivity (Wildman–Crippen MR) is 148 cm³/mol. The predicted octanol–water partition coefficient (Wildman–Crippen LogP) is 1.63. The molecule has 1 aromatic rings. The van der Waals surface area contributed by atoms with Crippen LogP contribution in [0.2, 0.25) is 0 Å². The molecule has 1 rings (SSSR count). The van der Waals surface area contributed by atoms with Crippen molar-refractivity contribution in [1.29, 1.82) is 0 Å². The van der Waals surface area contributed by atoms with Crippen molar-refractivity contribution in [2.24, 2.45) is 17.1 Å². The molecule has 0 bridgehead atoms. The maximum absolute atomic E-state index is 13.3. The first-order chi connectivity index (χ1) is 18.8. The lowest BCUT2D eigenvalue weighted by Gasteiger charge is -2.31. The number of rotatable bonds is 13. The van der Waals surface area contributed by atoms with E-state index in [1.165, 1.54) is 6.92 Å². The van der Waals surface area contributed by atoms with Gasteiger partial charge in [0.1, 0.15) is 30.3 Å². The number of carboxylic acids is 1. The molecule has 4 atom stereocenters. The molecule has 228 valence electrons. The van der Waals surface area contributed by atoms with Crippen LogP contribution in [0.25, 0.3) is 0 Å². The quantitative estimate of drug-likeness (QED) is 0.215. The normalized spacial score (nSPS) is 14.4. The average Bonchev–Trinajstić information content (AvgIpc) is 2.82. The molecule has 0 aromatic heterocycles. The summed E-state index contributed by atoms with van der Waals surface area (Å²) in [6.45, 7) is 11.1. The summed E-state index contributed by atoms with van der Waals surface area (Å²) in [4.78, 5) is 74.9. The van der Waals surface area contributed by atoms with Crippen molar-refractivity contribution in [1.82, 2.24) is 16.0 Å². The number of ether oxygens (including phenoxy) is 2. The van der Waals surface area contributed by atoms with Gasteiger partial charge in [-0.3, -0.25) is 19.2 Å². The Morgan fingerprint density at radius 3 is 1.93 bits per heavy atom. The summed E-state index contributed by atoms with van der Waals surface area (Å²) < 4.78 is 10.4. The second kappa shape index (κ2) is 15.0. The number of esters is 1. The zero-order valence-electron chi connectivity index (χ0n) is 24.6. The third kappa shape index (κ3) is 13.2. The van der Waals surface area contributed by atoms with Crippen LogP contribution in [0.1, 0.15) is 66.9 Å². The highest BCUT2D eigenvalue weighted by molar-refractivity contribution is 5.94. The number of aliphatic carboxylic acids is 1. The summed E-state index contributed by atoms with van der Waals surface area (Å²) in [7, 11) is 0. The number of alkyl carbamates (subject to hydrolysis) is 1. The summed E-state index contributed by atoms with van der Waals surface area (Å²) in [6.07, 6.45) is -1.84. The van der Waals surface area contributed by atoms with Crippen LogP contribution in [-0.4, -0.2) is 64.6 Å². The minimum Gasteiger partial charge on any atom is -0.481 e. The van der Waals surface area contributed by atoms with Gasteiger partial charge < -0.3 is 36.3 Å². The molecule has 0 saturated carbocycles. The molecule has 1 aromatic carbocycles. The number of amides is 4. The van der Waals surface area contributed by atoms with Gasteiger partial charge in [-0.05, 0) is 45.1 Å². The molecule has 4 amide bonds. The summed E-state index contributed by atoms with van der Waals surface area (Å²) in [6, 6.07) is 4.73. The summed E-state index contributed by atoms with van der Waals surface area (Å²) >= 11 is 0. The van der Waals surface area contributed by atoms with E-state index < -0.39 is 77.2 Å². The molecule has 0 radical (unpaired) electrons. The van der Waals surface area contributed by atoms with Crippen molar-refractivity contribution in [3.63, 3.8) is 0 Å². The van der Waals surface area contributed by atoms with E-state index in [9.17, 15) is 33.9 Å². The maximum atomic E-state index is 13.3. The molecule has 41 heavy (non-hydrogen) atoms. The molecule has 0 spiro atoms. The van der Waals surface area contributed by atoms with Crippen LogP contribution in [0, 0.1) is 11.3 Å². The van der Waals surface area contributed by atoms with Gasteiger partial charge in [0.05, 0.1) is 12.3 Å². The lowest BCUT2D eigenvalue weighted by atomic mass is 9.77. The Morgan fingerprint density at radius 2 is 1.44 bits per heavy atom. The van der Waals surface area contributed by atoms with Gasteiger partial charge in [-0.1, -0.05) is 51.1 Å². The molecule has 6 N–H and O–H groups in total. The number of hydrogen-bond donors (Lipinski definition) is 5. The fraction of sp³-hybridized carbons (Fsp3) is 0.571. The van der Waals surface area contributed by atoms with E-state index in [-0.39, 0.29) is 13.0 Å². The molecular formula is C28H42N4O9. The van der Waals surface area contributed by atoms with E-state index in [2.05, 4.69) is 16.0 Å². The molecule has 1 unspecified atom stereocenters. The number of nitrogens with two attached hydrogens (primary N) is 1. The highest BCUT2D eigenvalue weighted by Gasteiger charge is 2.38. The molecule has 13 nitrogen and oxygen atoms in total. The Morgan fingerprint density at radius 1 is 0.878 bits per heavy atom. The highest BCUT2D eigenvalue weighted by Crippen LogP contribution is 2.30. The number of hydrogen-bond acceptors (Lipinski definition) is 8. The summed E-state index contributed by atoms with van der Waals surface area (Å²) in [5, 5.41) is 17.0. The van der Waals surface area contributed by atoms with Gasteiger partial charge in [0.25, 0.3) is 0 Å². The zero-order valence-corrected chi connectivity index (χ0v) is 24.6. The molecular weight excluding hydrogens is 536 g/mol. The molecule has 0 heterocycles. The fourth-order valence-corrected chi connectivity index (χ4v) is 3.64. The van der Waals surface area contributed by atoms with Crippen molar-refractivity contribution in [3.8, 4) is 0 Å². The zero-order chi connectivity index (χ0) is 31.5. The molecule has 0 aliphatic carbocycles. The van der Waals surface area contributed by atoms with Crippen LogP contribution in [0.15, 0.2) is 30.3 Å². The van der Waals surface area contributed by atoms with Gasteiger partial charge in [0, 0.05) is 0 Å². The highest BCUT2D eigenvalue weighted by atomic mass is 16.6. The van der Waals surface area contributed by atoms with Crippen LogP contribution < -0.4 is 21.7 Å². The van der Waals surface area contributed by atoms with Crippen molar-refractivity contribution < 1.29 is 43.3 Å². The second-order valence-corrected chi connectivity index (χ2v) is 11.7. The van der Waals surface area contributed by atoms with Crippen LogP contribution in [0.5, 0.6) is 0 Å². The van der Waals surface area contributed by atoms with Crippen LogP contribution in [0.4, 0.5) is 4.79 Å². The summed E-state index contributed by atoms with van der Waals surface area (Å²) in [5.41, 5.74) is 4.22. The number of benzene rings is 1. The van der Waals surface area contributed by atoms with Crippen molar-refractivity contribution in [3.05, 3.63) is 35.9 Å². The lowest BCUT2D eigenvalue weighted by molar-refractivity contribution is -0.160. The number of carbonyl (C=O) groups excluding carboxylic acids is 5. The fourth-order valence-electron chi connectivity index (χ4n) is 3.64. The number of carbonyl (C=O) groups is 6. The van der Waals surface area contributed by atoms with E-state index in [0.29, 0.717) is 0 Å². The van der Waals surface area contributed by atoms with Gasteiger partial charge >= 0.3 is 18.0 Å². The Balaban J connectivity index is 3.10. The topological polar surface area (TPSA) is 203 Å². The number of carboxylic acid groups (broad SMARTS) is 1. The van der Waals surface area contributed by atoms with Crippen molar-refractivity contribution in [2.45, 2.75) is 91.6 Å². The van der Waals surface area contributed by atoms with Crippen LogP contribution in [0.3, 0.4) is 0 Å². The minimum atomic E-state index is -1.49. The van der Waals surface area contributed by atoms with E-state index in [4.69, 9.17) is 15.2 Å². The first-order valence-electron chi connectivity index (χ1n) is 13.1. The lowest BCUT2D eigenvalue weighted by Crippen LogP contribution is -2.57.